The zero-order valence-electron chi connectivity index (χ0n) is 14.4. The first-order valence-corrected chi connectivity index (χ1v) is 8.01. The van der Waals surface area contributed by atoms with Gasteiger partial charge in [0.1, 0.15) is 11.5 Å². The number of benzene rings is 2. The van der Waals surface area contributed by atoms with Gasteiger partial charge in [-0.05, 0) is 36.8 Å². The highest BCUT2D eigenvalue weighted by Gasteiger charge is 2.31. The van der Waals surface area contributed by atoms with Crippen molar-refractivity contribution in [2.45, 2.75) is 13.0 Å². The van der Waals surface area contributed by atoms with Crippen LogP contribution in [0, 0.1) is 0 Å². The van der Waals surface area contributed by atoms with Gasteiger partial charge in [-0.3, -0.25) is 4.79 Å². The summed E-state index contributed by atoms with van der Waals surface area (Å²) in [7, 11) is 1.52. The monoisotopic (exact) mass is 353 g/mol. The number of phenols is 1. The second-order valence-electron chi connectivity index (χ2n) is 5.82. The number of carbonyl (C=O) groups is 2. The van der Waals surface area contributed by atoms with Gasteiger partial charge in [-0.2, -0.15) is 0 Å². The van der Waals surface area contributed by atoms with Gasteiger partial charge in [0.15, 0.2) is 0 Å². The molecule has 0 aromatic heterocycles. The standard InChI is InChI=1S/C19H19N3O4/c1-11-16(18(24)21-14-8-3-4-9-15(14)26-2)17(22-19(25)20-11)12-6-5-7-13(23)10-12/h3-10,17,23H,1-2H3,(H,21,24)(H2,20,22,25). The summed E-state index contributed by atoms with van der Waals surface area (Å²) in [5, 5.41) is 17.9. The van der Waals surface area contributed by atoms with Crippen LogP contribution in [0.5, 0.6) is 11.5 Å². The van der Waals surface area contributed by atoms with Gasteiger partial charge in [-0.1, -0.05) is 24.3 Å². The summed E-state index contributed by atoms with van der Waals surface area (Å²) in [6.45, 7) is 1.66. The van der Waals surface area contributed by atoms with Crippen LogP contribution < -0.4 is 20.7 Å². The van der Waals surface area contributed by atoms with Crippen LogP contribution in [0.15, 0.2) is 59.8 Å². The fraction of sp³-hybridized carbons (Fsp3) is 0.158. The van der Waals surface area contributed by atoms with Gasteiger partial charge in [0, 0.05) is 5.70 Å². The average molecular weight is 353 g/mol. The van der Waals surface area contributed by atoms with E-state index in [0.717, 1.165) is 0 Å². The molecule has 26 heavy (non-hydrogen) atoms. The third-order valence-corrected chi connectivity index (χ3v) is 4.07. The van der Waals surface area contributed by atoms with Crippen LogP contribution in [0.4, 0.5) is 10.5 Å². The van der Waals surface area contributed by atoms with Gasteiger partial charge in [0.05, 0.1) is 24.4 Å². The van der Waals surface area contributed by atoms with Crippen molar-refractivity contribution in [2.75, 3.05) is 12.4 Å². The second-order valence-corrected chi connectivity index (χ2v) is 5.82. The molecule has 0 fully saturated rings. The van der Waals surface area contributed by atoms with Crippen molar-refractivity contribution >= 4 is 17.6 Å². The highest BCUT2D eigenvalue weighted by Crippen LogP contribution is 2.31. The zero-order valence-corrected chi connectivity index (χ0v) is 14.4. The molecule has 7 heteroatoms. The Labute approximate surface area is 150 Å². The molecule has 4 N–H and O–H groups in total. The lowest BCUT2D eigenvalue weighted by atomic mass is 9.94. The third kappa shape index (κ3) is 3.46. The smallest absolute Gasteiger partial charge is 0.319 e. The average Bonchev–Trinajstić information content (AvgIpc) is 2.61. The Hall–Kier alpha value is -3.48. The molecule has 3 amide bonds. The predicted octanol–water partition coefficient (Wildman–Crippen LogP) is 2.67. The van der Waals surface area contributed by atoms with E-state index in [4.69, 9.17) is 4.74 Å². The van der Waals surface area contributed by atoms with Gasteiger partial charge in [0.2, 0.25) is 0 Å². The van der Waals surface area contributed by atoms with E-state index in [9.17, 15) is 14.7 Å². The maximum absolute atomic E-state index is 12.9. The quantitative estimate of drug-likeness (QED) is 0.679. The number of para-hydroxylation sites is 2. The van der Waals surface area contributed by atoms with E-state index in [-0.39, 0.29) is 11.7 Å². The molecule has 3 rings (SSSR count). The summed E-state index contributed by atoms with van der Waals surface area (Å²) < 4.78 is 5.26. The van der Waals surface area contributed by atoms with Crippen molar-refractivity contribution in [3.8, 4) is 11.5 Å². The Morgan fingerprint density at radius 2 is 1.96 bits per heavy atom. The van der Waals surface area contributed by atoms with Crippen LogP contribution in [0.25, 0.3) is 0 Å². The van der Waals surface area contributed by atoms with Crippen molar-refractivity contribution in [1.82, 2.24) is 10.6 Å². The molecule has 0 saturated heterocycles. The van der Waals surface area contributed by atoms with Crippen LogP contribution >= 0.6 is 0 Å². The van der Waals surface area contributed by atoms with E-state index >= 15 is 0 Å². The zero-order chi connectivity index (χ0) is 18.7. The molecular weight excluding hydrogens is 334 g/mol. The number of anilines is 1. The first kappa shape index (κ1) is 17.3. The van der Waals surface area contributed by atoms with Gasteiger partial charge in [-0.15, -0.1) is 0 Å². The molecule has 0 bridgehead atoms. The van der Waals surface area contributed by atoms with Gasteiger partial charge in [0.25, 0.3) is 5.91 Å². The van der Waals surface area contributed by atoms with E-state index in [1.54, 1.807) is 43.3 Å². The van der Waals surface area contributed by atoms with Crippen LogP contribution in [-0.4, -0.2) is 24.2 Å². The molecule has 1 aliphatic heterocycles. The summed E-state index contributed by atoms with van der Waals surface area (Å²) in [5.74, 6) is 0.200. The van der Waals surface area contributed by atoms with Crippen molar-refractivity contribution in [3.63, 3.8) is 0 Å². The number of hydrogen-bond acceptors (Lipinski definition) is 4. The molecule has 2 aromatic carbocycles. The van der Waals surface area contributed by atoms with Crippen LogP contribution in [0.1, 0.15) is 18.5 Å². The third-order valence-electron chi connectivity index (χ3n) is 4.07. The predicted molar refractivity (Wildman–Crippen MR) is 96.8 cm³/mol. The van der Waals surface area contributed by atoms with Crippen LogP contribution in [-0.2, 0) is 4.79 Å². The Morgan fingerprint density at radius 3 is 2.69 bits per heavy atom. The minimum Gasteiger partial charge on any atom is -0.508 e. The number of carbonyl (C=O) groups excluding carboxylic acids is 2. The fourth-order valence-electron chi connectivity index (χ4n) is 2.89. The van der Waals surface area contributed by atoms with E-state index < -0.39 is 12.1 Å². The number of phenolic OH excluding ortho intramolecular Hbond substituents is 1. The number of nitrogens with one attached hydrogen (secondary N) is 3. The van der Waals surface area contributed by atoms with Gasteiger partial charge >= 0.3 is 6.03 Å². The molecule has 7 nitrogen and oxygen atoms in total. The SMILES string of the molecule is COc1ccccc1NC(=O)C1=C(C)NC(=O)NC1c1cccc(O)c1. The highest BCUT2D eigenvalue weighted by molar-refractivity contribution is 6.07. The number of aromatic hydroxyl groups is 1. The first-order valence-electron chi connectivity index (χ1n) is 8.01. The lowest BCUT2D eigenvalue weighted by molar-refractivity contribution is -0.113. The second kappa shape index (κ2) is 7.18. The molecule has 0 saturated carbocycles. The summed E-state index contributed by atoms with van der Waals surface area (Å²) in [4.78, 5) is 24.8. The van der Waals surface area contributed by atoms with E-state index in [0.29, 0.717) is 28.3 Å². The Morgan fingerprint density at radius 1 is 1.19 bits per heavy atom. The van der Waals surface area contributed by atoms with Crippen molar-refractivity contribution < 1.29 is 19.4 Å². The number of urea groups is 1. The van der Waals surface area contributed by atoms with E-state index in [1.165, 1.54) is 19.2 Å². The van der Waals surface area contributed by atoms with E-state index in [2.05, 4.69) is 16.0 Å². The number of ether oxygens (including phenoxy) is 1. The number of allylic oxidation sites excluding steroid dienone is 1. The summed E-state index contributed by atoms with van der Waals surface area (Å²) in [5.41, 5.74) is 1.91. The lowest BCUT2D eigenvalue weighted by Crippen LogP contribution is -2.45. The van der Waals surface area contributed by atoms with Crippen molar-refractivity contribution in [2.24, 2.45) is 0 Å². The molecule has 134 valence electrons. The number of rotatable bonds is 4. The summed E-state index contributed by atoms with van der Waals surface area (Å²) in [6, 6.07) is 12.4. The normalized spacial score (nSPS) is 16.5. The molecule has 2 aromatic rings. The number of hydrogen-bond donors (Lipinski definition) is 4. The Kier molecular flexibility index (Phi) is 4.79. The summed E-state index contributed by atoms with van der Waals surface area (Å²) in [6.07, 6.45) is 0. The molecule has 1 heterocycles. The molecule has 0 radical (unpaired) electrons. The molecule has 1 aliphatic rings. The van der Waals surface area contributed by atoms with Crippen LogP contribution in [0.3, 0.4) is 0 Å². The molecular formula is C19H19N3O4. The van der Waals surface area contributed by atoms with Gasteiger partial charge in [-0.25, -0.2) is 4.79 Å². The minimum atomic E-state index is -0.689. The first-order chi connectivity index (χ1) is 12.5. The largest absolute Gasteiger partial charge is 0.508 e. The number of amides is 3. The van der Waals surface area contributed by atoms with E-state index in [1.807, 2.05) is 0 Å². The molecule has 1 unspecified atom stereocenters. The Bertz CT molecular complexity index is 892. The lowest BCUT2D eigenvalue weighted by Gasteiger charge is -2.28. The molecule has 1 atom stereocenters. The highest BCUT2D eigenvalue weighted by atomic mass is 16.5. The number of methoxy groups -OCH3 is 1. The molecule has 0 spiro atoms. The summed E-state index contributed by atoms with van der Waals surface area (Å²) >= 11 is 0. The van der Waals surface area contributed by atoms with Crippen molar-refractivity contribution in [1.29, 1.82) is 0 Å². The van der Waals surface area contributed by atoms with Crippen molar-refractivity contribution in [3.05, 3.63) is 65.4 Å². The van der Waals surface area contributed by atoms with Crippen LogP contribution in [0.2, 0.25) is 0 Å². The Balaban J connectivity index is 1.97. The maximum atomic E-state index is 12.9. The fourth-order valence-corrected chi connectivity index (χ4v) is 2.89. The minimum absolute atomic E-state index is 0.0532. The topological polar surface area (TPSA) is 99.7 Å². The van der Waals surface area contributed by atoms with Gasteiger partial charge < -0.3 is 25.8 Å². The molecule has 0 aliphatic carbocycles. The maximum Gasteiger partial charge on any atom is 0.319 e.